The van der Waals surface area contributed by atoms with Gasteiger partial charge >= 0.3 is 0 Å². The lowest BCUT2D eigenvalue weighted by molar-refractivity contribution is -0.0391. The van der Waals surface area contributed by atoms with Gasteiger partial charge in [-0.25, -0.2) is 0 Å². The number of nitrogens with zero attached hydrogens (tertiary/aromatic N) is 1. The standard InChI is InChI=1S/C10H22N2O/c1-4-9(2)12-5-6-13-10(8-12)7-11-3/h9-11H,4-8H2,1-3H3. The first-order chi connectivity index (χ1) is 6.27. The van der Waals surface area contributed by atoms with E-state index in [1.54, 1.807) is 0 Å². The van der Waals surface area contributed by atoms with Crippen LogP contribution in [-0.2, 0) is 4.74 Å². The Morgan fingerprint density at radius 1 is 1.62 bits per heavy atom. The summed E-state index contributed by atoms with van der Waals surface area (Å²) >= 11 is 0. The Bertz CT molecular complexity index is 139. The molecule has 0 aromatic rings. The smallest absolute Gasteiger partial charge is 0.0826 e. The van der Waals surface area contributed by atoms with Gasteiger partial charge in [0, 0.05) is 25.7 Å². The molecule has 0 amide bonds. The first-order valence-corrected chi connectivity index (χ1v) is 5.28. The van der Waals surface area contributed by atoms with Crippen LogP contribution in [0.15, 0.2) is 0 Å². The van der Waals surface area contributed by atoms with Gasteiger partial charge in [0.25, 0.3) is 0 Å². The van der Waals surface area contributed by atoms with Crippen molar-refractivity contribution in [1.29, 1.82) is 0 Å². The average Bonchev–Trinajstić information content (AvgIpc) is 2.18. The zero-order valence-electron chi connectivity index (χ0n) is 9.05. The van der Waals surface area contributed by atoms with Crippen molar-refractivity contribution in [3.63, 3.8) is 0 Å². The quantitative estimate of drug-likeness (QED) is 0.699. The van der Waals surface area contributed by atoms with Gasteiger partial charge in [0.2, 0.25) is 0 Å². The molecule has 3 nitrogen and oxygen atoms in total. The maximum Gasteiger partial charge on any atom is 0.0826 e. The summed E-state index contributed by atoms with van der Waals surface area (Å²) in [4.78, 5) is 2.52. The van der Waals surface area contributed by atoms with Crippen LogP contribution >= 0.6 is 0 Å². The van der Waals surface area contributed by atoms with E-state index in [0.717, 1.165) is 26.2 Å². The van der Waals surface area contributed by atoms with Crippen LogP contribution < -0.4 is 5.32 Å². The first kappa shape index (κ1) is 11.0. The third-order valence-electron chi connectivity index (χ3n) is 2.82. The molecule has 0 saturated carbocycles. The number of nitrogens with one attached hydrogen (secondary N) is 1. The van der Waals surface area contributed by atoms with E-state index in [2.05, 4.69) is 24.1 Å². The first-order valence-electron chi connectivity index (χ1n) is 5.28. The van der Waals surface area contributed by atoms with Crippen LogP contribution in [0.2, 0.25) is 0 Å². The highest BCUT2D eigenvalue weighted by Gasteiger charge is 2.22. The Kier molecular flexibility index (Phi) is 4.70. The molecule has 1 N–H and O–H groups in total. The highest BCUT2D eigenvalue weighted by atomic mass is 16.5. The summed E-state index contributed by atoms with van der Waals surface area (Å²) in [5.74, 6) is 0. The molecule has 0 spiro atoms. The van der Waals surface area contributed by atoms with Crippen molar-refractivity contribution in [2.24, 2.45) is 0 Å². The van der Waals surface area contributed by atoms with E-state index in [0.29, 0.717) is 12.1 Å². The largest absolute Gasteiger partial charge is 0.374 e. The number of rotatable bonds is 4. The number of ether oxygens (including phenoxy) is 1. The van der Waals surface area contributed by atoms with Crippen molar-refractivity contribution in [2.75, 3.05) is 33.3 Å². The molecule has 1 heterocycles. The van der Waals surface area contributed by atoms with Crippen LogP contribution in [0.4, 0.5) is 0 Å². The third-order valence-corrected chi connectivity index (χ3v) is 2.82. The molecule has 0 aliphatic carbocycles. The van der Waals surface area contributed by atoms with E-state index in [1.807, 2.05) is 7.05 Å². The molecule has 0 bridgehead atoms. The molecule has 0 aromatic carbocycles. The maximum atomic E-state index is 5.64. The van der Waals surface area contributed by atoms with Crippen LogP contribution in [0.3, 0.4) is 0 Å². The van der Waals surface area contributed by atoms with Crippen LogP contribution in [0.1, 0.15) is 20.3 Å². The van der Waals surface area contributed by atoms with Crippen molar-refractivity contribution in [3.05, 3.63) is 0 Å². The third kappa shape index (κ3) is 3.25. The minimum absolute atomic E-state index is 0.382. The Balaban J connectivity index is 2.32. The van der Waals surface area contributed by atoms with E-state index >= 15 is 0 Å². The molecule has 1 rings (SSSR count). The summed E-state index contributed by atoms with van der Waals surface area (Å²) in [5.41, 5.74) is 0. The zero-order chi connectivity index (χ0) is 9.68. The molecule has 13 heavy (non-hydrogen) atoms. The second kappa shape index (κ2) is 5.58. The second-order valence-electron chi connectivity index (χ2n) is 3.80. The molecular formula is C10H22N2O. The van der Waals surface area contributed by atoms with Crippen molar-refractivity contribution in [1.82, 2.24) is 10.2 Å². The van der Waals surface area contributed by atoms with Crippen molar-refractivity contribution >= 4 is 0 Å². The molecule has 2 atom stereocenters. The molecule has 0 radical (unpaired) electrons. The van der Waals surface area contributed by atoms with Gasteiger partial charge in [0.15, 0.2) is 0 Å². The van der Waals surface area contributed by atoms with E-state index < -0.39 is 0 Å². The highest BCUT2D eigenvalue weighted by Crippen LogP contribution is 2.10. The van der Waals surface area contributed by atoms with E-state index in [9.17, 15) is 0 Å². The van der Waals surface area contributed by atoms with Gasteiger partial charge < -0.3 is 10.1 Å². The topological polar surface area (TPSA) is 24.5 Å². The normalized spacial score (nSPS) is 27.5. The second-order valence-corrected chi connectivity index (χ2v) is 3.80. The van der Waals surface area contributed by atoms with Crippen LogP contribution in [0.5, 0.6) is 0 Å². The van der Waals surface area contributed by atoms with Gasteiger partial charge in [-0.05, 0) is 20.4 Å². The molecule has 0 aromatic heterocycles. The minimum atomic E-state index is 0.382. The lowest BCUT2D eigenvalue weighted by atomic mass is 10.2. The van der Waals surface area contributed by atoms with E-state index in [1.165, 1.54) is 6.42 Å². The molecule has 3 heteroatoms. The Morgan fingerprint density at radius 2 is 2.38 bits per heavy atom. The summed E-state index contributed by atoms with van der Waals surface area (Å²) < 4.78 is 5.64. The number of morpholine rings is 1. The van der Waals surface area contributed by atoms with Crippen LogP contribution in [0.25, 0.3) is 0 Å². The molecule has 2 unspecified atom stereocenters. The summed E-state index contributed by atoms with van der Waals surface area (Å²) in [6.07, 6.45) is 1.61. The van der Waals surface area contributed by atoms with E-state index in [-0.39, 0.29) is 0 Å². The van der Waals surface area contributed by atoms with Gasteiger partial charge in [0.1, 0.15) is 0 Å². The molecule has 78 valence electrons. The lowest BCUT2D eigenvalue weighted by Crippen LogP contribution is -2.49. The zero-order valence-corrected chi connectivity index (χ0v) is 9.05. The SMILES string of the molecule is CCC(C)N1CCOC(CNC)C1. The fraction of sp³-hybridized carbons (Fsp3) is 1.00. The number of hydrogen-bond donors (Lipinski definition) is 1. The number of hydrogen-bond acceptors (Lipinski definition) is 3. The minimum Gasteiger partial charge on any atom is -0.374 e. The monoisotopic (exact) mass is 186 g/mol. The highest BCUT2D eigenvalue weighted by molar-refractivity contribution is 4.76. The fourth-order valence-corrected chi connectivity index (χ4v) is 1.75. The summed E-state index contributed by atoms with van der Waals surface area (Å²) in [6.45, 7) is 8.56. The molecular weight excluding hydrogens is 164 g/mol. The predicted molar refractivity (Wildman–Crippen MR) is 55.0 cm³/mol. The summed E-state index contributed by atoms with van der Waals surface area (Å²) in [7, 11) is 1.98. The van der Waals surface area contributed by atoms with Gasteiger partial charge in [0.05, 0.1) is 12.7 Å². The summed E-state index contributed by atoms with van der Waals surface area (Å²) in [5, 5.41) is 3.16. The lowest BCUT2D eigenvalue weighted by Gasteiger charge is -2.36. The van der Waals surface area contributed by atoms with Crippen LogP contribution in [-0.4, -0.2) is 50.3 Å². The Hall–Kier alpha value is -0.120. The Labute approximate surface area is 81.4 Å². The molecule has 1 aliphatic rings. The van der Waals surface area contributed by atoms with Gasteiger partial charge in [-0.3, -0.25) is 4.90 Å². The molecule has 1 fully saturated rings. The molecule has 1 saturated heterocycles. The number of likely N-dealkylation sites (N-methyl/N-ethyl adjacent to an activating group) is 1. The molecule has 1 aliphatic heterocycles. The predicted octanol–water partition coefficient (Wildman–Crippen LogP) is 0.705. The van der Waals surface area contributed by atoms with E-state index in [4.69, 9.17) is 4.74 Å². The van der Waals surface area contributed by atoms with Crippen LogP contribution in [0, 0.1) is 0 Å². The van der Waals surface area contributed by atoms with Gasteiger partial charge in [-0.2, -0.15) is 0 Å². The van der Waals surface area contributed by atoms with Gasteiger partial charge in [-0.15, -0.1) is 0 Å². The van der Waals surface area contributed by atoms with Gasteiger partial charge in [-0.1, -0.05) is 6.92 Å². The fourth-order valence-electron chi connectivity index (χ4n) is 1.75. The van der Waals surface area contributed by atoms with Crippen molar-refractivity contribution in [3.8, 4) is 0 Å². The summed E-state index contributed by atoms with van der Waals surface area (Å²) in [6, 6.07) is 0.697. The Morgan fingerprint density at radius 3 is 3.00 bits per heavy atom. The van der Waals surface area contributed by atoms with Crippen molar-refractivity contribution < 1.29 is 4.74 Å². The van der Waals surface area contributed by atoms with Crippen molar-refractivity contribution in [2.45, 2.75) is 32.4 Å². The average molecular weight is 186 g/mol. The maximum absolute atomic E-state index is 5.64.